The molecular formula is C43H52ClN5O7S. The molecule has 1 unspecified atom stereocenters. The minimum Gasteiger partial charge on any atom is -0.490 e. The van der Waals surface area contributed by atoms with E-state index < -0.39 is 21.7 Å². The Hall–Kier alpha value is -4.17. The lowest BCUT2D eigenvalue weighted by atomic mass is 9.68. The lowest BCUT2D eigenvalue weighted by Crippen LogP contribution is -2.49. The molecule has 0 radical (unpaired) electrons. The summed E-state index contributed by atoms with van der Waals surface area (Å²) in [5.74, 6) is -0.501. The van der Waals surface area contributed by atoms with E-state index in [1.807, 2.05) is 25.1 Å². The number of morpholine rings is 1. The highest BCUT2D eigenvalue weighted by Gasteiger charge is 2.44. The van der Waals surface area contributed by atoms with Crippen molar-refractivity contribution >= 4 is 44.9 Å². The molecule has 1 N–H and O–H groups in total. The Kier molecular flexibility index (Phi) is 11.3. The number of ether oxygens (including phenoxy) is 3. The van der Waals surface area contributed by atoms with Gasteiger partial charge in [-0.15, -0.1) is 4.36 Å². The first kappa shape index (κ1) is 39.6. The van der Waals surface area contributed by atoms with E-state index in [0.717, 1.165) is 49.4 Å². The largest absolute Gasteiger partial charge is 0.490 e. The summed E-state index contributed by atoms with van der Waals surface area (Å²) in [6.45, 7) is 5.66. The van der Waals surface area contributed by atoms with Crippen LogP contribution in [-0.4, -0.2) is 96.4 Å². The third kappa shape index (κ3) is 8.13. The van der Waals surface area contributed by atoms with Gasteiger partial charge >= 0.3 is 0 Å². The highest BCUT2D eigenvalue weighted by Crippen LogP contribution is 2.47. The summed E-state index contributed by atoms with van der Waals surface area (Å²) >= 11 is 6.48. The molecule has 8 rings (SSSR count). The molecule has 5 aliphatic rings. The lowest BCUT2D eigenvalue weighted by Gasteiger charge is -2.46. The molecule has 3 aliphatic heterocycles. The van der Waals surface area contributed by atoms with Gasteiger partial charge in [0.15, 0.2) is 0 Å². The fraction of sp³-hybridized carbons (Fsp3) is 0.512. The number of aromatic nitrogens is 1. The number of rotatable bonds is 4. The highest BCUT2D eigenvalue weighted by atomic mass is 35.5. The highest BCUT2D eigenvalue weighted by molar-refractivity contribution is 7.92. The van der Waals surface area contributed by atoms with Gasteiger partial charge in [0.05, 0.1) is 42.9 Å². The lowest BCUT2D eigenvalue weighted by molar-refractivity contribution is 0.0131. The molecule has 12 nitrogen and oxygen atoms in total. The van der Waals surface area contributed by atoms with Gasteiger partial charge in [-0.2, -0.15) is 0 Å². The first-order valence-corrected chi connectivity index (χ1v) is 22.2. The maximum absolute atomic E-state index is 14.8. The number of carbonyl (C=O) groups excluding carboxylic acids is 3. The average molecular weight is 818 g/mol. The number of fused-ring (bicyclic) bond motifs is 4. The van der Waals surface area contributed by atoms with E-state index in [2.05, 4.69) is 38.3 Å². The molecule has 3 amide bonds. The minimum atomic E-state index is -3.65. The third-order valence-corrected chi connectivity index (χ3v) is 14.8. The first-order chi connectivity index (χ1) is 27.4. The summed E-state index contributed by atoms with van der Waals surface area (Å²) in [5.41, 5.74) is 3.74. The van der Waals surface area contributed by atoms with Crippen LogP contribution in [0, 0.1) is 17.8 Å². The minimum absolute atomic E-state index is 0.0585. The van der Waals surface area contributed by atoms with Gasteiger partial charge in [0.1, 0.15) is 21.4 Å². The molecule has 14 heteroatoms. The van der Waals surface area contributed by atoms with Crippen molar-refractivity contribution in [1.29, 1.82) is 0 Å². The van der Waals surface area contributed by atoms with Crippen molar-refractivity contribution in [2.45, 2.75) is 57.0 Å². The average Bonchev–Trinajstić information content (AvgIpc) is 3.51. The summed E-state index contributed by atoms with van der Waals surface area (Å²) in [6, 6.07) is 13.0. The number of benzene rings is 2. The number of carbonyl (C=O) groups is 3. The van der Waals surface area contributed by atoms with E-state index in [1.54, 1.807) is 29.7 Å². The maximum Gasteiger partial charge on any atom is 0.286 e. The molecule has 1 saturated carbocycles. The topological polar surface area (TPSA) is 132 Å². The molecule has 1 saturated heterocycles. The number of hydrogen-bond acceptors (Lipinski definition) is 8. The van der Waals surface area contributed by atoms with E-state index in [1.165, 1.54) is 23.4 Å². The van der Waals surface area contributed by atoms with Crippen LogP contribution in [0.2, 0.25) is 5.02 Å². The Labute approximate surface area is 340 Å². The van der Waals surface area contributed by atoms with Crippen molar-refractivity contribution in [2.75, 3.05) is 63.8 Å². The van der Waals surface area contributed by atoms with Gasteiger partial charge in [0.2, 0.25) is 0 Å². The van der Waals surface area contributed by atoms with Crippen LogP contribution in [0.3, 0.4) is 0 Å². The van der Waals surface area contributed by atoms with Gasteiger partial charge in [-0.3, -0.25) is 19.1 Å². The Balaban J connectivity index is 1.15. The van der Waals surface area contributed by atoms with Crippen LogP contribution < -0.4 is 14.4 Å². The number of amides is 3. The molecule has 2 bridgehead atoms. The van der Waals surface area contributed by atoms with E-state index in [-0.39, 0.29) is 40.2 Å². The van der Waals surface area contributed by atoms with Crippen LogP contribution in [0.5, 0.6) is 5.75 Å². The van der Waals surface area contributed by atoms with Crippen LogP contribution in [0.1, 0.15) is 81.4 Å². The standard InChI is InChI=1S/C43H52ClN5O7S/c1-28-6-4-8-38(54-3)34-12-9-31(34)24-49-26-43(15-5-7-29-20-33(44)11-13-35(29)43)27-56-39-14-10-30(21-36(39)49)40(50)45-57(53,25-28)46-41(51)32-22-37(47(2)23-32)42(52)48-16-18-55-19-17-48/h4,8,10-11,13-14,20-23,28,31,34,38H,5-7,9,12,15-19,24-27H2,1-3H3,(H,45,46,50,51,53)/b8-4+/t28-,31-,34+,38-,43-,57?/m0/s1. The Bertz CT molecular complexity index is 2210. The Morgan fingerprint density at radius 1 is 1.11 bits per heavy atom. The zero-order valence-electron chi connectivity index (χ0n) is 32.9. The number of aryl methyl sites for hydroxylation is 2. The molecule has 2 aliphatic carbocycles. The number of anilines is 1. The molecule has 2 fully saturated rings. The van der Waals surface area contributed by atoms with E-state index in [4.69, 9.17) is 25.8 Å². The van der Waals surface area contributed by atoms with Crippen LogP contribution in [0.4, 0.5) is 5.69 Å². The van der Waals surface area contributed by atoms with Gasteiger partial charge in [0.25, 0.3) is 17.7 Å². The van der Waals surface area contributed by atoms with Crippen molar-refractivity contribution in [3.05, 3.63) is 93.8 Å². The van der Waals surface area contributed by atoms with Crippen molar-refractivity contribution in [1.82, 2.24) is 14.2 Å². The number of methoxy groups -OCH3 is 1. The van der Waals surface area contributed by atoms with E-state index >= 15 is 0 Å². The summed E-state index contributed by atoms with van der Waals surface area (Å²) < 4.78 is 41.5. The van der Waals surface area contributed by atoms with E-state index in [9.17, 15) is 18.6 Å². The predicted octanol–water partition coefficient (Wildman–Crippen LogP) is 6.21. The quantitative estimate of drug-likeness (QED) is 0.308. The van der Waals surface area contributed by atoms with Crippen molar-refractivity contribution in [2.24, 2.45) is 29.2 Å². The summed E-state index contributed by atoms with van der Waals surface area (Å²) in [7, 11) is -0.210. The zero-order chi connectivity index (χ0) is 39.9. The van der Waals surface area contributed by atoms with Gasteiger partial charge in [-0.25, -0.2) is 4.21 Å². The second-order valence-electron chi connectivity index (χ2n) is 16.5. The van der Waals surface area contributed by atoms with E-state index in [0.29, 0.717) is 69.2 Å². The van der Waals surface area contributed by atoms with Crippen molar-refractivity contribution in [3.63, 3.8) is 0 Å². The molecule has 1 spiro atoms. The molecule has 3 aromatic rings. The fourth-order valence-electron chi connectivity index (χ4n) is 9.40. The summed E-state index contributed by atoms with van der Waals surface area (Å²) in [6.07, 6.45) is 11.2. The predicted molar refractivity (Wildman–Crippen MR) is 220 cm³/mol. The smallest absolute Gasteiger partial charge is 0.286 e. The van der Waals surface area contributed by atoms with Gasteiger partial charge in [-0.1, -0.05) is 36.7 Å². The number of allylic oxidation sites excluding steroid dienone is 1. The fourth-order valence-corrected chi connectivity index (χ4v) is 11.5. The SMILES string of the molecule is CO[C@H]1/C=C/C[C@H](C)CS(=O)(NC(=O)c2cc(C(=O)N3CCOCC3)n(C)c2)=NC(=O)c2ccc3c(c2)N(C[C@@H]2CC[C@H]21)C[C@@]1(CCCc2cc(Cl)ccc21)CO3. The second kappa shape index (κ2) is 16.2. The molecule has 4 heterocycles. The maximum atomic E-state index is 14.8. The number of hydrogen-bond donors (Lipinski definition) is 1. The van der Waals surface area contributed by atoms with Crippen LogP contribution in [-0.2, 0) is 38.3 Å². The normalized spacial score (nSPS) is 29.5. The molecular weight excluding hydrogens is 766 g/mol. The molecule has 6 atom stereocenters. The van der Waals surface area contributed by atoms with Crippen molar-refractivity contribution < 1.29 is 32.8 Å². The summed E-state index contributed by atoms with van der Waals surface area (Å²) in [4.78, 5) is 45.4. The number of nitrogens with one attached hydrogen (secondary N) is 1. The van der Waals surface area contributed by atoms with Gasteiger partial charge in [-0.05, 0) is 104 Å². The molecule has 2 aromatic carbocycles. The van der Waals surface area contributed by atoms with Crippen LogP contribution >= 0.6 is 11.6 Å². The van der Waals surface area contributed by atoms with Crippen LogP contribution in [0.25, 0.3) is 0 Å². The second-order valence-corrected chi connectivity index (χ2v) is 19.0. The molecule has 57 heavy (non-hydrogen) atoms. The number of nitrogens with zero attached hydrogens (tertiary/aromatic N) is 4. The third-order valence-electron chi connectivity index (χ3n) is 12.6. The molecule has 1 aromatic heterocycles. The van der Waals surface area contributed by atoms with Gasteiger partial charge < -0.3 is 28.6 Å². The number of halogens is 1. The van der Waals surface area contributed by atoms with Crippen molar-refractivity contribution in [3.8, 4) is 5.75 Å². The van der Waals surface area contributed by atoms with Gasteiger partial charge in [0, 0.05) is 62.5 Å². The Morgan fingerprint density at radius 3 is 2.70 bits per heavy atom. The molecule has 304 valence electrons. The monoisotopic (exact) mass is 817 g/mol. The van der Waals surface area contributed by atoms with Crippen LogP contribution in [0.15, 0.2) is 65.2 Å². The first-order valence-electron chi connectivity index (χ1n) is 20.1. The Morgan fingerprint density at radius 2 is 1.93 bits per heavy atom. The summed E-state index contributed by atoms with van der Waals surface area (Å²) in [5, 5.41) is 0.728. The zero-order valence-corrected chi connectivity index (χ0v) is 34.5.